The van der Waals surface area contributed by atoms with Crippen LogP contribution in [0.3, 0.4) is 0 Å². The van der Waals surface area contributed by atoms with Crippen molar-refractivity contribution in [3.63, 3.8) is 0 Å². The SMILES string of the molecule is Cc1c(Nc2nc(Nc3ccc(N4CCN(C)CC4)nc3)ncc2Cl)ccc(NS(=O)(=O)NC2CC2)c1C. The first kappa shape index (κ1) is 26.4. The van der Waals surface area contributed by atoms with Crippen LogP contribution in [0.4, 0.5) is 34.6 Å². The molecule has 202 valence electrons. The van der Waals surface area contributed by atoms with Crippen LogP contribution in [0.25, 0.3) is 0 Å². The van der Waals surface area contributed by atoms with Gasteiger partial charge in [0.15, 0.2) is 5.82 Å². The van der Waals surface area contributed by atoms with Gasteiger partial charge in [-0.15, -0.1) is 0 Å². The van der Waals surface area contributed by atoms with E-state index < -0.39 is 10.2 Å². The topological polar surface area (TPSA) is 127 Å². The van der Waals surface area contributed by atoms with E-state index in [9.17, 15) is 8.42 Å². The van der Waals surface area contributed by atoms with Gasteiger partial charge in [0.1, 0.15) is 10.8 Å². The van der Waals surface area contributed by atoms with Crippen LogP contribution in [0.5, 0.6) is 0 Å². The first-order valence-electron chi connectivity index (χ1n) is 12.5. The van der Waals surface area contributed by atoms with Crippen molar-refractivity contribution in [3.05, 3.63) is 52.8 Å². The minimum absolute atomic E-state index is 0.0308. The normalized spacial score (nSPS) is 16.4. The smallest absolute Gasteiger partial charge is 0.299 e. The molecule has 0 amide bonds. The molecule has 1 saturated heterocycles. The van der Waals surface area contributed by atoms with E-state index in [4.69, 9.17) is 11.6 Å². The summed E-state index contributed by atoms with van der Waals surface area (Å²) in [7, 11) is -1.49. The average Bonchev–Trinajstić information content (AvgIpc) is 3.70. The van der Waals surface area contributed by atoms with Gasteiger partial charge in [-0.05, 0) is 69.1 Å². The van der Waals surface area contributed by atoms with Crippen molar-refractivity contribution in [1.82, 2.24) is 24.6 Å². The Morgan fingerprint density at radius 3 is 2.32 bits per heavy atom. The Morgan fingerprint density at radius 1 is 0.921 bits per heavy atom. The van der Waals surface area contributed by atoms with Crippen LogP contribution in [0, 0.1) is 13.8 Å². The Balaban J connectivity index is 1.27. The first-order chi connectivity index (χ1) is 18.2. The summed E-state index contributed by atoms with van der Waals surface area (Å²) in [5.74, 6) is 1.75. The highest BCUT2D eigenvalue weighted by Crippen LogP contribution is 2.31. The Labute approximate surface area is 228 Å². The predicted molar refractivity (Wildman–Crippen MR) is 152 cm³/mol. The van der Waals surface area contributed by atoms with E-state index >= 15 is 0 Å². The van der Waals surface area contributed by atoms with E-state index in [2.05, 4.69) is 51.9 Å². The van der Waals surface area contributed by atoms with Crippen molar-refractivity contribution >= 4 is 56.5 Å². The number of anilines is 6. The second-order valence-corrected chi connectivity index (χ2v) is 11.6. The summed E-state index contributed by atoms with van der Waals surface area (Å²) in [5, 5.41) is 6.79. The second kappa shape index (κ2) is 10.9. The molecule has 0 unspecified atom stereocenters. The van der Waals surface area contributed by atoms with Crippen molar-refractivity contribution in [2.45, 2.75) is 32.7 Å². The van der Waals surface area contributed by atoms with E-state index in [0.29, 0.717) is 22.5 Å². The standard InChI is InChI=1S/C25H32ClN9O2S/c1-16-17(2)22(33-38(36,37)32-18-4-5-18)8-7-21(16)30-24-20(26)15-28-25(31-24)29-19-6-9-23(27-14-19)35-12-10-34(3)11-13-35/h6-9,14-15,18,32-33H,4-5,10-13H2,1-3H3,(H2,28,29,30,31). The third-order valence-corrected chi connectivity index (χ3v) is 8.17. The molecule has 4 N–H and O–H groups in total. The minimum Gasteiger partial charge on any atom is -0.354 e. The highest BCUT2D eigenvalue weighted by Gasteiger charge is 2.27. The zero-order chi connectivity index (χ0) is 26.9. The van der Waals surface area contributed by atoms with Gasteiger partial charge in [0.2, 0.25) is 5.95 Å². The van der Waals surface area contributed by atoms with Crippen molar-refractivity contribution in [1.29, 1.82) is 0 Å². The Hall–Kier alpha value is -3.19. The van der Waals surface area contributed by atoms with Crippen LogP contribution in [0.2, 0.25) is 5.02 Å². The van der Waals surface area contributed by atoms with Gasteiger partial charge in [0, 0.05) is 37.9 Å². The number of nitrogens with one attached hydrogen (secondary N) is 4. The molecule has 1 saturated carbocycles. The van der Waals surface area contributed by atoms with Gasteiger partial charge in [0.05, 0.1) is 23.8 Å². The van der Waals surface area contributed by atoms with Crippen LogP contribution < -0.4 is 25.0 Å². The molecule has 3 heterocycles. The third kappa shape index (κ3) is 6.44. The van der Waals surface area contributed by atoms with Crippen molar-refractivity contribution in [2.24, 2.45) is 0 Å². The highest BCUT2D eigenvalue weighted by atomic mass is 35.5. The molecule has 5 rings (SSSR count). The maximum atomic E-state index is 12.3. The molecule has 38 heavy (non-hydrogen) atoms. The van der Waals surface area contributed by atoms with Crippen molar-refractivity contribution in [3.8, 4) is 0 Å². The van der Waals surface area contributed by atoms with Crippen LogP contribution in [-0.2, 0) is 10.2 Å². The molecule has 0 spiro atoms. The van der Waals surface area contributed by atoms with E-state index in [1.165, 1.54) is 6.20 Å². The number of piperazine rings is 1. The maximum absolute atomic E-state index is 12.3. The van der Waals surface area contributed by atoms with Crippen molar-refractivity contribution < 1.29 is 8.42 Å². The molecular formula is C25H32ClN9O2S. The van der Waals surface area contributed by atoms with Gasteiger partial charge in [-0.3, -0.25) is 4.72 Å². The highest BCUT2D eigenvalue weighted by molar-refractivity contribution is 7.90. The van der Waals surface area contributed by atoms with Crippen LogP contribution in [0.1, 0.15) is 24.0 Å². The number of halogens is 1. The van der Waals surface area contributed by atoms with Crippen molar-refractivity contribution in [2.75, 3.05) is 53.5 Å². The van der Waals surface area contributed by atoms with Crippen LogP contribution in [-0.4, -0.2) is 67.5 Å². The average molecular weight is 558 g/mol. The summed E-state index contributed by atoms with van der Waals surface area (Å²) in [6.07, 6.45) is 5.04. The lowest BCUT2D eigenvalue weighted by Gasteiger charge is -2.33. The molecule has 2 aromatic heterocycles. The molecule has 0 atom stereocenters. The summed E-state index contributed by atoms with van der Waals surface area (Å²) in [4.78, 5) is 18.0. The van der Waals surface area contributed by atoms with Gasteiger partial charge in [-0.1, -0.05) is 11.6 Å². The number of rotatable bonds is 9. The molecule has 2 fully saturated rings. The minimum atomic E-state index is -3.62. The van der Waals surface area contributed by atoms with Crippen LogP contribution >= 0.6 is 11.6 Å². The van der Waals surface area contributed by atoms with Gasteiger partial charge in [-0.25, -0.2) is 9.97 Å². The molecule has 0 radical (unpaired) electrons. The fourth-order valence-corrected chi connectivity index (χ4v) is 5.50. The Morgan fingerprint density at radius 2 is 1.63 bits per heavy atom. The summed E-state index contributed by atoms with van der Waals surface area (Å²) in [5.41, 5.74) is 3.70. The number of nitrogens with zero attached hydrogens (tertiary/aromatic N) is 5. The number of hydrogen-bond acceptors (Lipinski definition) is 9. The fourth-order valence-electron chi connectivity index (χ4n) is 4.12. The fraction of sp³-hybridized carbons (Fsp3) is 0.400. The summed E-state index contributed by atoms with van der Waals surface area (Å²) < 4.78 is 29.9. The quantitative estimate of drug-likeness (QED) is 0.311. The molecule has 11 nitrogen and oxygen atoms in total. The Kier molecular flexibility index (Phi) is 7.57. The lowest BCUT2D eigenvalue weighted by molar-refractivity contribution is 0.312. The van der Waals surface area contributed by atoms with E-state index in [-0.39, 0.29) is 6.04 Å². The molecule has 3 aromatic rings. The second-order valence-electron chi connectivity index (χ2n) is 9.74. The lowest BCUT2D eigenvalue weighted by atomic mass is 10.1. The molecule has 1 aliphatic heterocycles. The van der Waals surface area contributed by atoms with Gasteiger partial charge >= 0.3 is 0 Å². The number of pyridine rings is 1. The largest absolute Gasteiger partial charge is 0.354 e. The molecule has 1 aliphatic carbocycles. The lowest BCUT2D eigenvalue weighted by Crippen LogP contribution is -2.44. The van der Waals surface area contributed by atoms with Crippen LogP contribution in [0.15, 0.2) is 36.7 Å². The number of likely N-dealkylation sites (N-methyl/N-ethyl adjacent to an activating group) is 1. The Bertz CT molecular complexity index is 1410. The number of benzene rings is 1. The molecule has 1 aromatic carbocycles. The maximum Gasteiger partial charge on any atom is 0.299 e. The summed E-state index contributed by atoms with van der Waals surface area (Å²) >= 11 is 6.39. The number of aromatic nitrogens is 3. The van der Waals surface area contributed by atoms with Gasteiger partial charge in [0.25, 0.3) is 10.2 Å². The monoisotopic (exact) mass is 557 g/mol. The zero-order valence-electron chi connectivity index (χ0n) is 21.6. The van der Waals surface area contributed by atoms with E-state index in [1.54, 1.807) is 18.3 Å². The molecule has 0 bridgehead atoms. The molecule has 2 aliphatic rings. The first-order valence-corrected chi connectivity index (χ1v) is 14.4. The number of hydrogen-bond donors (Lipinski definition) is 4. The third-order valence-electron chi connectivity index (χ3n) is 6.76. The van der Waals surface area contributed by atoms with E-state index in [0.717, 1.165) is 67.3 Å². The molecule has 13 heteroatoms. The van der Waals surface area contributed by atoms with Gasteiger partial charge in [-0.2, -0.15) is 18.1 Å². The zero-order valence-corrected chi connectivity index (χ0v) is 23.2. The molecular weight excluding hydrogens is 526 g/mol. The summed E-state index contributed by atoms with van der Waals surface area (Å²) in [6.45, 7) is 7.72. The predicted octanol–water partition coefficient (Wildman–Crippen LogP) is 3.79. The summed E-state index contributed by atoms with van der Waals surface area (Å²) in [6, 6.07) is 7.49. The van der Waals surface area contributed by atoms with E-state index in [1.807, 2.05) is 26.0 Å². The van der Waals surface area contributed by atoms with Gasteiger partial charge < -0.3 is 20.4 Å².